The Labute approximate surface area is 179 Å². The van der Waals surface area contributed by atoms with Crippen LogP contribution in [0.25, 0.3) is 0 Å². The van der Waals surface area contributed by atoms with Crippen LogP contribution in [-0.2, 0) is 13.0 Å². The van der Waals surface area contributed by atoms with E-state index < -0.39 is 0 Å². The maximum atomic E-state index is 5.98. The van der Waals surface area contributed by atoms with Gasteiger partial charge in [0.2, 0.25) is 0 Å². The number of aromatic nitrogens is 3. The summed E-state index contributed by atoms with van der Waals surface area (Å²) in [5, 5.41) is 11.5. The lowest BCUT2D eigenvalue weighted by molar-refractivity contribution is 0.229. The van der Waals surface area contributed by atoms with Crippen molar-refractivity contribution in [2.45, 2.75) is 65.1 Å². The molecule has 1 aromatic heterocycles. The van der Waals surface area contributed by atoms with E-state index in [1.54, 1.807) is 7.11 Å². The van der Waals surface area contributed by atoms with Crippen LogP contribution in [0.1, 0.15) is 51.7 Å². The molecule has 30 heavy (non-hydrogen) atoms. The maximum Gasteiger partial charge on any atom is 0.191 e. The smallest absolute Gasteiger partial charge is 0.191 e. The average molecular weight is 415 g/mol. The number of aliphatic imine (C=N–C) groups is 1. The number of aryl methyl sites for hydroxylation is 1. The molecular weight excluding hydrogens is 380 g/mol. The quantitative estimate of drug-likeness (QED) is 0.510. The van der Waals surface area contributed by atoms with Gasteiger partial charge in [-0.2, -0.15) is 5.10 Å². The summed E-state index contributed by atoms with van der Waals surface area (Å²) in [5.74, 6) is 4.72. The zero-order valence-corrected chi connectivity index (χ0v) is 18.7. The highest BCUT2D eigenvalue weighted by atomic mass is 16.5. The Kier molecular flexibility index (Phi) is 7.54. The van der Waals surface area contributed by atoms with E-state index in [1.807, 2.05) is 35.9 Å². The van der Waals surface area contributed by atoms with Crippen LogP contribution in [0.15, 0.2) is 29.3 Å². The van der Waals surface area contributed by atoms with Crippen molar-refractivity contribution >= 4 is 5.96 Å². The van der Waals surface area contributed by atoms with Crippen molar-refractivity contribution < 1.29 is 9.47 Å². The Balaban J connectivity index is 1.57. The van der Waals surface area contributed by atoms with E-state index in [0.29, 0.717) is 12.5 Å². The van der Waals surface area contributed by atoms with Crippen molar-refractivity contribution in [2.24, 2.45) is 4.99 Å². The number of guanidine groups is 1. The number of hydrogen-bond donors (Lipinski definition) is 2. The summed E-state index contributed by atoms with van der Waals surface area (Å²) in [6.45, 7) is 10.5. The molecule has 3 rings (SSSR count). The van der Waals surface area contributed by atoms with Crippen LogP contribution in [0.2, 0.25) is 0 Å². The van der Waals surface area contributed by atoms with Crippen LogP contribution in [-0.4, -0.2) is 53.1 Å². The lowest BCUT2D eigenvalue weighted by Crippen LogP contribution is -2.47. The summed E-state index contributed by atoms with van der Waals surface area (Å²) in [6, 6.07) is 7.90. The second-order valence-corrected chi connectivity index (χ2v) is 7.93. The molecular formula is C22H34N6O2. The van der Waals surface area contributed by atoms with Crippen molar-refractivity contribution in [2.75, 3.05) is 20.2 Å². The summed E-state index contributed by atoms with van der Waals surface area (Å²) < 4.78 is 13.3. The second-order valence-electron chi connectivity index (χ2n) is 7.93. The largest absolute Gasteiger partial charge is 0.497 e. The molecule has 164 valence electrons. The lowest BCUT2D eigenvalue weighted by Gasteiger charge is -2.25. The Morgan fingerprint density at radius 2 is 2.10 bits per heavy atom. The van der Waals surface area contributed by atoms with Crippen LogP contribution < -0.4 is 20.1 Å². The molecule has 0 amide bonds. The van der Waals surface area contributed by atoms with Crippen LogP contribution in [0, 0.1) is 0 Å². The summed E-state index contributed by atoms with van der Waals surface area (Å²) in [4.78, 5) is 9.39. The molecule has 1 aromatic carbocycles. The minimum atomic E-state index is -0.0607. The third-order valence-corrected chi connectivity index (χ3v) is 4.96. The van der Waals surface area contributed by atoms with E-state index in [9.17, 15) is 0 Å². The minimum Gasteiger partial charge on any atom is -0.497 e. The van der Waals surface area contributed by atoms with Gasteiger partial charge in [-0.3, -0.25) is 0 Å². The molecule has 2 atom stereocenters. The van der Waals surface area contributed by atoms with Gasteiger partial charge in [-0.15, -0.1) is 0 Å². The van der Waals surface area contributed by atoms with Gasteiger partial charge in [0.25, 0.3) is 0 Å². The van der Waals surface area contributed by atoms with E-state index in [4.69, 9.17) is 14.5 Å². The highest BCUT2D eigenvalue weighted by molar-refractivity contribution is 5.80. The molecule has 0 spiro atoms. The first-order chi connectivity index (χ1) is 14.5. The lowest BCUT2D eigenvalue weighted by atomic mass is 10.1. The monoisotopic (exact) mass is 414 g/mol. The van der Waals surface area contributed by atoms with Crippen molar-refractivity contribution in [1.29, 1.82) is 0 Å². The van der Waals surface area contributed by atoms with Crippen LogP contribution in [0.3, 0.4) is 0 Å². The van der Waals surface area contributed by atoms with E-state index >= 15 is 0 Å². The summed E-state index contributed by atoms with van der Waals surface area (Å²) >= 11 is 0. The van der Waals surface area contributed by atoms with Crippen molar-refractivity contribution in [1.82, 2.24) is 25.4 Å². The number of methoxy groups -OCH3 is 1. The Hall–Kier alpha value is -2.77. The van der Waals surface area contributed by atoms with E-state index in [-0.39, 0.29) is 12.1 Å². The molecule has 0 saturated heterocycles. The zero-order chi connectivity index (χ0) is 21.5. The number of nitrogens with one attached hydrogen (secondary N) is 2. The number of nitrogens with zero attached hydrogens (tertiary/aromatic N) is 4. The molecule has 0 aliphatic carbocycles. The van der Waals surface area contributed by atoms with Crippen LogP contribution in [0.4, 0.5) is 0 Å². The van der Waals surface area contributed by atoms with Gasteiger partial charge in [-0.1, -0.05) is 19.9 Å². The van der Waals surface area contributed by atoms with E-state index in [1.165, 1.54) is 0 Å². The van der Waals surface area contributed by atoms with Crippen LogP contribution >= 0.6 is 0 Å². The van der Waals surface area contributed by atoms with Crippen molar-refractivity contribution in [3.63, 3.8) is 0 Å². The third kappa shape index (κ3) is 5.87. The average Bonchev–Trinajstić information content (AvgIpc) is 3.16. The highest BCUT2D eigenvalue weighted by Crippen LogP contribution is 2.20. The standard InChI is InChI=1S/C22H34N6O2/c1-6-23-22(24-13-16(4)30-19-9-7-8-18(12-19)29-5)25-17-10-11-20-26-21(15(2)3)27-28(20)14-17/h7-9,12,15-17H,6,10-11,13-14H2,1-5H3,(H2,23,24,25). The first kappa shape index (κ1) is 21.9. The highest BCUT2D eigenvalue weighted by Gasteiger charge is 2.23. The van der Waals surface area contributed by atoms with Gasteiger partial charge in [0.1, 0.15) is 23.4 Å². The van der Waals surface area contributed by atoms with Crippen LogP contribution in [0.5, 0.6) is 11.5 Å². The predicted molar refractivity (Wildman–Crippen MR) is 118 cm³/mol. The van der Waals surface area contributed by atoms with Gasteiger partial charge in [0, 0.05) is 31.0 Å². The number of ether oxygens (including phenoxy) is 2. The molecule has 2 heterocycles. The maximum absolute atomic E-state index is 5.98. The first-order valence-corrected chi connectivity index (χ1v) is 10.8. The number of fused-ring (bicyclic) bond motifs is 1. The summed E-state index contributed by atoms with van der Waals surface area (Å²) in [5.41, 5.74) is 0. The molecule has 2 aromatic rings. The first-order valence-electron chi connectivity index (χ1n) is 10.8. The minimum absolute atomic E-state index is 0.0607. The van der Waals surface area contributed by atoms with E-state index in [2.05, 4.69) is 41.5 Å². The number of benzene rings is 1. The van der Waals surface area contributed by atoms with E-state index in [0.717, 1.165) is 55.0 Å². The van der Waals surface area contributed by atoms with Gasteiger partial charge < -0.3 is 20.1 Å². The molecule has 8 nitrogen and oxygen atoms in total. The fourth-order valence-corrected chi connectivity index (χ4v) is 3.37. The zero-order valence-electron chi connectivity index (χ0n) is 18.7. The Morgan fingerprint density at radius 3 is 2.83 bits per heavy atom. The Bertz CT molecular complexity index is 848. The molecule has 2 N–H and O–H groups in total. The molecule has 0 fully saturated rings. The van der Waals surface area contributed by atoms with Gasteiger partial charge in [0.15, 0.2) is 11.8 Å². The van der Waals surface area contributed by atoms with Gasteiger partial charge in [-0.25, -0.2) is 14.7 Å². The van der Waals surface area contributed by atoms with Gasteiger partial charge >= 0.3 is 0 Å². The second kappa shape index (κ2) is 10.3. The molecule has 1 aliphatic heterocycles. The summed E-state index contributed by atoms with van der Waals surface area (Å²) in [7, 11) is 1.65. The van der Waals surface area contributed by atoms with Gasteiger partial charge in [0.05, 0.1) is 20.2 Å². The van der Waals surface area contributed by atoms with Gasteiger partial charge in [-0.05, 0) is 32.4 Å². The third-order valence-electron chi connectivity index (χ3n) is 4.96. The topological polar surface area (TPSA) is 85.6 Å². The molecule has 0 saturated carbocycles. The normalized spacial score (nSPS) is 17.4. The summed E-state index contributed by atoms with van der Waals surface area (Å²) in [6.07, 6.45) is 1.87. The molecule has 2 unspecified atom stereocenters. The Morgan fingerprint density at radius 1 is 1.30 bits per heavy atom. The fourth-order valence-electron chi connectivity index (χ4n) is 3.37. The van der Waals surface area contributed by atoms with Crippen molar-refractivity contribution in [3.05, 3.63) is 35.9 Å². The van der Waals surface area contributed by atoms with Crippen molar-refractivity contribution in [3.8, 4) is 11.5 Å². The molecule has 8 heteroatoms. The number of hydrogen-bond acceptors (Lipinski definition) is 5. The molecule has 0 bridgehead atoms. The molecule has 1 aliphatic rings. The number of rotatable bonds is 8. The fraction of sp³-hybridized carbons (Fsp3) is 0.591. The predicted octanol–water partition coefficient (Wildman–Crippen LogP) is 2.75. The molecule has 0 radical (unpaired) electrons. The SMILES string of the molecule is CCNC(=NCC(C)Oc1cccc(OC)c1)NC1CCc2nc(C(C)C)nn2C1.